The molecule has 0 unspecified atom stereocenters. The number of hydrogen-bond acceptors (Lipinski definition) is 6. The van der Waals surface area contributed by atoms with Crippen molar-refractivity contribution in [2.75, 3.05) is 0 Å². The van der Waals surface area contributed by atoms with Crippen LogP contribution < -0.4 is 0 Å². The van der Waals surface area contributed by atoms with Gasteiger partial charge in [-0.1, -0.05) is 48.2 Å². The molecule has 0 aliphatic heterocycles. The maximum absolute atomic E-state index is 4.73. The molecular weight excluding hydrogens is 362 g/mol. The number of rotatable bonds is 5. The van der Waals surface area contributed by atoms with E-state index in [1.807, 2.05) is 24.3 Å². The van der Waals surface area contributed by atoms with E-state index in [0.717, 1.165) is 32.9 Å². The van der Waals surface area contributed by atoms with Gasteiger partial charge in [-0.05, 0) is 47.5 Å². The lowest BCUT2D eigenvalue weighted by Crippen LogP contribution is -2.00. The van der Waals surface area contributed by atoms with Crippen LogP contribution in [0.3, 0.4) is 0 Å². The van der Waals surface area contributed by atoms with Crippen molar-refractivity contribution in [3.63, 3.8) is 0 Å². The molecule has 0 fully saturated rings. The Morgan fingerprint density at radius 2 is 1.88 bits per heavy atom. The number of aromatic nitrogens is 5. The summed E-state index contributed by atoms with van der Waals surface area (Å²) in [5.74, 6) is 0.731. The van der Waals surface area contributed by atoms with Crippen LogP contribution >= 0.6 is 23.1 Å². The number of hydrogen-bond donors (Lipinski definition) is 0. The summed E-state index contributed by atoms with van der Waals surface area (Å²) in [5.41, 5.74) is 5.64. The fourth-order valence-corrected chi connectivity index (χ4v) is 4.23. The lowest BCUT2D eigenvalue weighted by molar-refractivity contribution is 0.755. The van der Waals surface area contributed by atoms with Gasteiger partial charge in [0.25, 0.3) is 0 Å². The lowest BCUT2D eigenvalue weighted by atomic mass is 10.1. The van der Waals surface area contributed by atoms with E-state index in [4.69, 9.17) is 4.98 Å². The second-order valence-corrected chi connectivity index (χ2v) is 7.74. The zero-order valence-corrected chi connectivity index (χ0v) is 16.1. The molecule has 0 saturated heterocycles. The van der Waals surface area contributed by atoms with Gasteiger partial charge in [-0.2, -0.15) is 4.68 Å². The van der Waals surface area contributed by atoms with Gasteiger partial charge in [0.15, 0.2) is 0 Å². The summed E-state index contributed by atoms with van der Waals surface area (Å²) >= 11 is 3.25. The molecule has 0 atom stereocenters. The van der Waals surface area contributed by atoms with Gasteiger partial charge in [0.05, 0.1) is 11.4 Å². The molecule has 2 aromatic heterocycles. The summed E-state index contributed by atoms with van der Waals surface area (Å²) in [7, 11) is 0. The van der Waals surface area contributed by atoms with Crippen LogP contribution in [0.2, 0.25) is 0 Å². The Morgan fingerprint density at radius 1 is 1.04 bits per heavy atom. The first kappa shape index (κ1) is 16.9. The van der Waals surface area contributed by atoms with E-state index in [-0.39, 0.29) is 0 Å². The molecule has 2 aromatic carbocycles. The fourth-order valence-electron chi connectivity index (χ4n) is 2.51. The highest BCUT2D eigenvalue weighted by Crippen LogP contribution is 2.28. The van der Waals surface area contributed by atoms with Crippen molar-refractivity contribution in [2.45, 2.75) is 24.8 Å². The summed E-state index contributed by atoms with van der Waals surface area (Å²) in [6.45, 7) is 4.19. The topological polar surface area (TPSA) is 56.5 Å². The monoisotopic (exact) mass is 379 g/mol. The third kappa shape index (κ3) is 3.54. The molecule has 0 saturated carbocycles. The van der Waals surface area contributed by atoms with E-state index in [9.17, 15) is 0 Å². The Hall–Kier alpha value is -2.51. The van der Waals surface area contributed by atoms with Crippen molar-refractivity contribution in [3.8, 4) is 16.3 Å². The van der Waals surface area contributed by atoms with Gasteiger partial charge in [0.1, 0.15) is 5.01 Å². The molecule has 0 N–H and O–H groups in total. The molecule has 4 rings (SSSR count). The average Bonchev–Trinajstić information content (AvgIpc) is 3.32. The Kier molecular flexibility index (Phi) is 4.81. The highest BCUT2D eigenvalue weighted by Gasteiger charge is 2.11. The molecule has 2 heterocycles. The summed E-state index contributed by atoms with van der Waals surface area (Å²) < 4.78 is 1.78. The third-order valence-electron chi connectivity index (χ3n) is 4.10. The Balaban J connectivity index is 1.50. The highest BCUT2D eigenvalue weighted by atomic mass is 32.2. The molecule has 0 amide bonds. The molecular formula is C19H17N5S2. The van der Waals surface area contributed by atoms with E-state index >= 15 is 0 Å². The van der Waals surface area contributed by atoms with Crippen molar-refractivity contribution in [1.82, 2.24) is 25.2 Å². The SMILES string of the molecule is Cc1ccc(-n2nnnc2SCc2csc(-c3ccccc3)n2)cc1C. The zero-order valence-electron chi connectivity index (χ0n) is 14.5. The van der Waals surface area contributed by atoms with Crippen molar-refractivity contribution in [3.05, 3.63) is 70.7 Å². The summed E-state index contributed by atoms with van der Waals surface area (Å²) in [5, 5.41) is 16.0. The molecule has 4 aromatic rings. The van der Waals surface area contributed by atoms with E-state index in [0.29, 0.717) is 0 Å². The van der Waals surface area contributed by atoms with Crippen molar-refractivity contribution < 1.29 is 0 Å². The molecule has 0 bridgehead atoms. The van der Waals surface area contributed by atoms with Gasteiger partial charge in [0, 0.05) is 16.7 Å². The van der Waals surface area contributed by atoms with Gasteiger partial charge >= 0.3 is 0 Å². The molecule has 5 nitrogen and oxygen atoms in total. The molecule has 0 aliphatic carbocycles. The standard InChI is InChI=1S/C19H17N5S2/c1-13-8-9-17(10-14(13)2)24-19(21-22-23-24)26-12-16-11-25-18(20-16)15-6-4-3-5-7-15/h3-11H,12H2,1-2H3. The van der Waals surface area contributed by atoms with Crippen LogP contribution in [-0.4, -0.2) is 25.2 Å². The maximum Gasteiger partial charge on any atom is 0.214 e. The molecule has 7 heteroatoms. The number of tetrazole rings is 1. The second kappa shape index (κ2) is 7.39. The van der Waals surface area contributed by atoms with Gasteiger partial charge in [-0.3, -0.25) is 0 Å². The molecule has 0 radical (unpaired) electrons. The van der Waals surface area contributed by atoms with Crippen LogP contribution in [-0.2, 0) is 5.75 Å². The Labute approximate surface area is 160 Å². The lowest BCUT2D eigenvalue weighted by Gasteiger charge is -2.06. The van der Waals surface area contributed by atoms with Crippen LogP contribution in [0.1, 0.15) is 16.8 Å². The van der Waals surface area contributed by atoms with E-state index in [1.54, 1.807) is 27.8 Å². The summed E-state index contributed by atoms with van der Waals surface area (Å²) in [6.07, 6.45) is 0. The predicted octanol–water partition coefficient (Wildman–Crippen LogP) is 4.69. The van der Waals surface area contributed by atoms with E-state index in [2.05, 4.69) is 59.0 Å². The van der Waals surface area contributed by atoms with E-state index < -0.39 is 0 Å². The first-order valence-electron chi connectivity index (χ1n) is 8.19. The predicted molar refractivity (Wildman–Crippen MR) is 106 cm³/mol. The maximum atomic E-state index is 4.73. The van der Waals surface area contributed by atoms with Crippen LogP contribution in [0.4, 0.5) is 0 Å². The zero-order chi connectivity index (χ0) is 17.9. The molecule has 0 spiro atoms. The van der Waals surface area contributed by atoms with Crippen LogP contribution in [0.25, 0.3) is 16.3 Å². The van der Waals surface area contributed by atoms with Crippen molar-refractivity contribution in [1.29, 1.82) is 0 Å². The number of thiazole rings is 1. The quantitative estimate of drug-likeness (QED) is 0.471. The number of thioether (sulfide) groups is 1. The number of aryl methyl sites for hydroxylation is 2. The van der Waals surface area contributed by atoms with Crippen LogP contribution in [0, 0.1) is 13.8 Å². The summed E-state index contributed by atoms with van der Waals surface area (Å²) in [4.78, 5) is 4.73. The highest BCUT2D eigenvalue weighted by molar-refractivity contribution is 7.98. The van der Waals surface area contributed by atoms with Gasteiger partial charge in [-0.15, -0.1) is 16.4 Å². The Bertz CT molecular complexity index is 1020. The third-order valence-corrected chi connectivity index (χ3v) is 5.99. The van der Waals surface area contributed by atoms with Crippen LogP contribution in [0.15, 0.2) is 59.1 Å². The first-order valence-corrected chi connectivity index (χ1v) is 10.1. The fraction of sp³-hybridized carbons (Fsp3) is 0.158. The van der Waals surface area contributed by atoms with Crippen molar-refractivity contribution >= 4 is 23.1 Å². The minimum Gasteiger partial charge on any atom is -0.240 e. The van der Waals surface area contributed by atoms with Crippen LogP contribution in [0.5, 0.6) is 0 Å². The molecule has 26 heavy (non-hydrogen) atoms. The van der Waals surface area contributed by atoms with E-state index in [1.165, 1.54) is 11.1 Å². The average molecular weight is 380 g/mol. The van der Waals surface area contributed by atoms with Gasteiger partial charge in [0.2, 0.25) is 5.16 Å². The normalized spacial score (nSPS) is 11.0. The molecule has 130 valence electrons. The molecule has 0 aliphatic rings. The van der Waals surface area contributed by atoms with Gasteiger partial charge in [-0.25, -0.2) is 4.98 Å². The smallest absolute Gasteiger partial charge is 0.214 e. The number of benzene rings is 2. The first-order chi connectivity index (χ1) is 12.7. The summed E-state index contributed by atoms with van der Waals surface area (Å²) in [6, 6.07) is 16.5. The minimum absolute atomic E-state index is 0.731. The Morgan fingerprint density at radius 3 is 2.69 bits per heavy atom. The van der Waals surface area contributed by atoms with Crippen molar-refractivity contribution in [2.24, 2.45) is 0 Å². The largest absolute Gasteiger partial charge is 0.240 e. The number of nitrogens with zero attached hydrogens (tertiary/aromatic N) is 5. The van der Waals surface area contributed by atoms with Gasteiger partial charge < -0.3 is 0 Å². The minimum atomic E-state index is 0.731. The second-order valence-electron chi connectivity index (χ2n) is 5.94.